The number of hydrogen-bond donors (Lipinski definition) is 1. The Bertz CT molecular complexity index is 475. The van der Waals surface area contributed by atoms with E-state index >= 15 is 0 Å². The van der Waals surface area contributed by atoms with Crippen LogP contribution in [0.1, 0.15) is 12.0 Å². The van der Waals surface area contributed by atoms with Crippen molar-refractivity contribution in [3.63, 3.8) is 0 Å². The quantitative estimate of drug-likeness (QED) is 0.819. The first-order valence-corrected chi connectivity index (χ1v) is 6.33. The molecule has 0 radical (unpaired) electrons. The summed E-state index contributed by atoms with van der Waals surface area (Å²) in [5.41, 5.74) is 0.706. The third kappa shape index (κ3) is 2.98. The molecule has 0 aromatic carbocycles. The van der Waals surface area contributed by atoms with E-state index < -0.39 is 0 Å². The molecule has 1 aliphatic heterocycles. The smallest absolute Gasteiger partial charge is 0.253 e. The minimum absolute atomic E-state index is 0.00869. The number of nitrogens with one attached hydrogen (secondary N) is 1. The second-order valence-corrected chi connectivity index (χ2v) is 4.57. The van der Waals surface area contributed by atoms with Gasteiger partial charge in [-0.05, 0) is 13.0 Å². The van der Waals surface area contributed by atoms with Crippen molar-refractivity contribution in [2.75, 3.05) is 26.2 Å². The predicted octanol–water partition coefficient (Wildman–Crippen LogP) is -0.0214. The Labute approximate surface area is 106 Å². The van der Waals surface area contributed by atoms with E-state index in [0.29, 0.717) is 18.5 Å². The SMILES string of the molecule is Cc1cccn(CCC(=O)N2CCNCC2)c1=O. The van der Waals surface area contributed by atoms with Crippen LogP contribution in [0.15, 0.2) is 23.1 Å². The number of hydrogen-bond acceptors (Lipinski definition) is 3. The number of rotatable bonds is 3. The first kappa shape index (κ1) is 12.8. The van der Waals surface area contributed by atoms with Gasteiger partial charge in [0.05, 0.1) is 0 Å². The van der Waals surface area contributed by atoms with Crippen LogP contribution in [0.3, 0.4) is 0 Å². The maximum Gasteiger partial charge on any atom is 0.253 e. The molecular formula is C13H19N3O2. The van der Waals surface area contributed by atoms with Gasteiger partial charge >= 0.3 is 0 Å². The second-order valence-electron chi connectivity index (χ2n) is 4.57. The van der Waals surface area contributed by atoms with Crippen LogP contribution in [-0.2, 0) is 11.3 Å². The lowest BCUT2D eigenvalue weighted by atomic mass is 10.2. The monoisotopic (exact) mass is 249 g/mol. The van der Waals surface area contributed by atoms with Gasteiger partial charge in [-0.3, -0.25) is 9.59 Å². The van der Waals surface area contributed by atoms with Gasteiger partial charge in [0.15, 0.2) is 0 Å². The number of aryl methyl sites for hydroxylation is 2. The van der Waals surface area contributed by atoms with Crippen LogP contribution in [0, 0.1) is 6.92 Å². The standard InChI is InChI=1S/C13H19N3O2/c1-11-3-2-7-16(13(11)18)8-4-12(17)15-9-5-14-6-10-15/h2-3,7,14H,4-6,8-10H2,1H3. The van der Waals surface area contributed by atoms with Crippen molar-refractivity contribution in [3.8, 4) is 0 Å². The average molecular weight is 249 g/mol. The molecule has 0 spiro atoms. The van der Waals surface area contributed by atoms with Crippen LogP contribution >= 0.6 is 0 Å². The van der Waals surface area contributed by atoms with Crippen LogP contribution in [-0.4, -0.2) is 41.6 Å². The molecule has 1 aliphatic rings. The maximum absolute atomic E-state index is 12.0. The molecule has 18 heavy (non-hydrogen) atoms. The summed E-state index contributed by atoms with van der Waals surface area (Å²) in [5.74, 6) is 0.130. The Morgan fingerprint density at radius 1 is 1.39 bits per heavy atom. The molecule has 2 heterocycles. The largest absolute Gasteiger partial charge is 0.340 e. The Kier molecular flexibility index (Phi) is 4.15. The van der Waals surface area contributed by atoms with Gasteiger partial charge in [-0.2, -0.15) is 0 Å². The molecule has 0 saturated carbocycles. The van der Waals surface area contributed by atoms with Crippen LogP contribution in [0.4, 0.5) is 0 Å². The molecule has 98 valence electrons. The van der Waals surface area contributed by atoms with Crippen molar-refractivity contribution in [3.05, 3.63) is 34.2 Å². The zero-order valence-electron chi connectivity index (χ0n) is 10.7. The number of nitrogens with zero attached hydrogens (tertiary/aromatic N) is 2. The Hall–Kier alpha value is -1.62. The fourth-order valence-electron chi connectivity index (χ4n) is 2.12. The summed E-state index contributed by atoms with van der Waals surface area (Å²) in [4.78, 5) is 25.6. The average Bonchev–Trinajstić information content (AvgIpc) is 2.41. The molecule has 0 bridgehead atoms. The third-order valence-corrected chi connectivity index (χ3v) is 3.25. The fraction of sp³-hybridized carbons (Fsp3) is 0.538. The summed E-state index contributed by atoms with van der Waals surface area (Å²) in [7, 11) is 0. The van der Waals surface area contributed by atoms with Crippen molar-refractivity contribution >= 4 is 5.91 Å². The highest BCUT2D eigenvalue weighted by Gasteiger charge is 2.15. The summed E-state index contributed by atoms with van der Waals surface area (Å²) in [6.45, 7) is 5.50. The van der Waals surface area contributed by atoms with E-state index in [0.717, 1.165) is 26.2 Å². The van der Waals surface area contributed by atoms with Crippen LogP contribution < -0.4 is 10.9 Å². The number of pyridine rings is 1. The zero-order chi connectivity index (χ0) is 13.0. The normalized spacial score (nSPS) is 15.7. The number of amides is 1. The van der Waals surface area contributed by atoms with Gasteiger partial charge in [-0.25, -0.2) is 0 Å². The van der Waals surface area contributed by atoms with Crippen molar-refractivity contribution in [2.24, 2.45) is 0 Å². The summed E-state index contributed by atoms with van der Waals surface area (Å²) in [6, 6.07) is 3.63. The Morgan fingerprint density at radius 3 is 2.83 bits per heavy atom. The van der Waals surface area contributed by atoms with E-state index in [9.17, 15) is 9.59 Å². The minimum atomic E-state index is -0.00869. The van der Waals surface area contributed by atoms with Crippen molar-refractivity contribution in [2.45, 2.75) is 19.9 Å². The highest BCUT2D eigenvalue weighted by atomic mass is 16.2. The zero-order valence-corrected chi connectivity index (χ0v) is 10.7. The van der Waals surface area contributed by atoms with Crippen molar-refractivity contribution in [1.82, 2.24) is 14.8 Å². The molecular weight excluding hydrogens is 230 g/mol. The molecule has 0 atom stereocenters. The molecule has 1 fully saturated rings. The maximum atomic E-state index is 12.0. The summed E-state index contributed by atoms with van der Waals surface area (Å²) in [5, 5.41) is 3.21. The lowest BCUT2D eigenvalue weighted by Gasteiger charge is -2.27. The van der Waals surface area contributed by atoms with E-state index in [1.54, 1.807) is 23.8 Å². The van der Waals surface area contributed by atoms with Crippen LogP contribution in [0.25, 0.3) is 0 Å². The molecule has 5 nitrogen and oxygen atoms in total. The Balaban J connectivity index is 1.92. The number of carbonyl (C=O) groups is 1. The molecule has 5 heteroatoms. The second kappa shape index (κ2) is 5.82. The molecule has 2 rings (SSSR count). The lowest BCUT2D eigenvalue weighted by molar-refractivity contribution is -0.132. The van der Waals surface area contributed by atoms with Gasteiger partial charge in [0, 0.05) is 50.9 Å². The summed E-state index contributed by atoms with van der Waals surface area (Å²) >= 11 is 0. The van der Waals surface area contributed by atoms with Crippen LogP contribution in [0.2, 0.25) is 0 Å². The fourth-order valence-corrected chi connectivity index (χ4v) is 2.12. The summed E-state index contributed by atoms with van der Waals surface area (Å²) in [6.07, 6.45) is 2.13. The van der Waals surface area contributed by atoms with Gasteiger partial charge in [0.1, 0.15) is 0 Å². The topological polar surface area (TPSA) is 54.3 Å². The number of piperazine rings is 1. The molecule has 1 amide bonds. The molecule has 0 unspecified atom stereocenters. The first-order valence-electron chi connectivity index (χ1n) is 6.33. The number of aromatic nitrogens is 1. The number of carbonyl (C=O) groups excluding carboxylic acids is 1. The van der Waals surface area contributed by atoms with Gasteiger partial charge in [-0.15, -0.1) is 0 Å². The third-order valence-electron chi connectivity index (χ3n) is 3.25. The van der Waals surface area contributed by atoms with Gasteiger partial charge in [-0.1, -0.05) is 6.07 Å². The van der Waals surface area contributed by atoms with E-state index in [-0.39, 0.29) is 11.5 Å². The van der Waals surface area contributed by atoms with Gasteiger partial charge in [0.25, 0.3) is 5.56 Å². The molecule has 1 aromatic heterocycles. The summed E-state index contributed by atoms with van der Waals surface area (Å²) < 4.78 is 1.61. The van der Waals surface area contributed by atoms with Crippen molar-refractivity contribution < 1.29 is 4.79 Å². The van der Waals surface area contributed by atoms with Gasteiger partial charge < -0.3 is 14.8 Å². The molecule has 1 saturated heterocycles. The van der Waals surface area contributed by atoms with E-state index in [1.807, 2.05) is 11.0 Å². The molecule has 0 aliphatic carbocycles. The van der Waals surface area contributed by atoms with Gasteiger partial charge in [0.2, 0.25) is 5.91 Å². The first-order chi connectivity index (χ1) is 8.68. The highest BCUT2D eigenvalue weighted by Crippen LogP contribution is 1.99. The lowest BCUT2D eigenvalue weighted by Crippen LogP contribution is -2.46. The van der Waals surface area contributed by atoms with E-state index in [1.165, 1.54) is 0 Å². The minimum Gasteiger partial charge on any atom is -0.340 e. The molecule has 1 aromatic rings. The van der Waals surface area contributed by atoms with Crippen LogP contribution in [0.5, 0.6) is 0 Å². The molecule has 1 N–H and O–H groups in total. The van der Waals surface area contributed by atoms with E-state index in [2.05, 4.69) is 5.32 Å². The predicted molar refractivity (Wildman–Crippen MR) is 69.5 cm³/mol. The van der Waals surface area contributed by atoms with E-state index in [4.69, 9.17) is 0 Å². The van der Waals surface area contributed by atoms with Crippen molar-refractivity contribution in [1.29, 1.82) is 0 Å². The highest BCUT2D eigenvalue weighted by molar-refractivity contribution is 5.76. The Morgan fingerprint density at radius 2 is 2.11 bits per heavy atom.